The molecular formula is C20H16N2O4. The minimum Gasteiger partial charge on any atom is -0.478 e. The van der Waals surface area contributed by atoms with Crippen LogP contribution in [-0.4, -0.2) is 32.1 Å². The lowest BCUT2D eigenvalue weighted by molar-refractivity contribution is 0.0687. The largest absolute Gasteiger partial charge is 0.478 e. The van der Waals surface area contributed by atoms with Gasteiger partial charge >= 0.3 is 11.9 Å². The molecule has 0 aliphatic rings. The molecule has 0 saturated heterocycles. The average Bonchev–Trinajstić information content (AvgIpc) is 3.15. The Morgan fingerprint density at radius 2 is 1.81 bits per heavy atom. The quantitative estimate of drug-likeness (QED) is 0.448. The number of carbonyl (C=O) groups is 2. The number of hydrogen-bond donors (Lipinski definition) is 4. The molecule has 0 radical (unpaired) electrons. The summed E-state index contributed by atoms with van der Waals surface area (Å²) in [6, 6.07) is 12.4. The standard InChI is InChI=1S/C20H16N2O4/c1-10-7-15-16(21-10)6-5-11(17(15)20(25)26)8-13-9-12-3-2-4-14(19(23)24)18(12)22-13/h2-7,9,21-22H,8H2,1H3,(H,23,24)(H,25,26). The highest BCUT2D eigenvalue weighted by atomic mass is 16.4. The van der Waals surface area contributed by atoms with E-state index in [0.29, 0.717) is 22.9 Å². The number of fused-ring (bicyclic) bond motifs is 2. The van der Waals surface area contributed by atoms with Gasteiger partial charge in [-0.15, -0.1) is 0 Å². The summed E-state index contributed by atoms with van der Waals surface area (Å²) >= 11 is 0. The molecular weight excluding hydrogens is 332 g/mol. The van der Waals surface area contributed by atoms with Crippen molar-refractivity contribution in [1.29, 1.82) is 0 Å². The van der Waals surface area contributed by atoms with Crippen LogP contribution in [0.5, 0.6) is 0 Å². The fraction of sp³-hybridized carbons (Fsp3) is 0.100. The summed E-state index contributed by atoms with van der Waals surface area (Å²) in [4.78, 5) is 29.5. The number of rotatable bonds is 4. The van der Waals surface area contributed by atoms with Crippen LogP contribution in [0, 0.1) is 6.92 Å². The molecule has 0 unspecified atom stereocenters. The summed E-state index contributed by atoms with van der Waals surface area (Å²) in [5, 5.41) is 20.5. The van der Waals surface area contributed by atoms with Gasteiger partial charge in [-0.25, -0.2) is 9.59 Å². The van der Waals surface area contributed by atoms with Gasteiger partial charge in [0.1, 0.15) is 0 Å². The van der Waals surface area contributed by atoms with Gasteiger partial charge in [-0.05, 0) is 36.8 Å². The Hall–Kier alpha value is -3.54. The van der Waals surface area contributed by atoms with Gasteiger partial charge in [-0.2, -0.15) is 0 Å². The van der Waals surface area contributed by atoms with Crippen molar-refractivity contribution in [2.45, 2.75) is 13.3 Å². The Bertz CT molecular complexity index is 1180. The van der Waals surface area contributed by atoms with Crippen molar-refractivity contribution in [2.24, 2.45) is 0 Å². The zero-order valence-corrected chi connectivity index (χ0v) is 14.0. The van der Waals surface area contributed by atoms with Crippen LogP contribution < -0.4 is 0 Å². The predicted octanol–water partition coefficient (Wildman–Crippen LogP) is 3.94. The number of nitrogens with one attached hydrogen (secondary N) is 2. The minimum absolute atomic E-state index is 0.198. The Balaban J connectivity index is 1.84. The fourth-order valence-corrected chi connectivity index (χ4v) is 3.48. The molecule has 6 heteroatoms. The maximum atomic E-state index is 11.8. The van der Waals surface area contributed by atoms with Crippen LogP contribution in [0.1, 0.15) is 37.7 Å². The monoisotopic (exact) mass is 348 g/mol. The second-order valence-corrected chi connectivity index (χ2v) is 6.36. The van der Waals surface area contributed by atoms with E-state index in [1.165, 1.54) is 0 Å². The SMILES string of the molecule is Cc1cc2c(C(=O)O)c(Cc3cc4cccc(C(=O)O)c4[nH]3)ccc2[nH]1. The van der Waals surface area contributed by atoms with Crippen LogP contribution in [-0.2, 0) is 6.42 Å². The molecule has 4 rings (SSSR count). The van der Waals surface area contributed by atoms with Crippen LogP contribution in [0.4, 0.5) is 0 Å². The Kier molecular flexibility index (Phi) is 3.54. The molecule has 0 aliphatic carbocycles. The minimum atomic E-state index is -1.00. The second-order valence-electron chi connectivity index (χ2n) is 6.36. The number of carboxylic acids is 2. The Morgan fingerprint density at radius 3 is 2.54 bits per heavy atom. The molecule has 0 bridgehead atoms. The first-order valence-corrected chi connectivity index (χ1v) is 8.12. The number of H-pyrrole nitrogens is 2. The molecule has 0 amide bonds. The van der Waals surface area contributed by atoms with Crippen LogP contribution in [0.25, 0.3) is 21.8 Å². The van der Waals surface area contributed by atoms with E-state index >= 15 is 0 Å². The van der Waals surface area contributed by atoms with E-state index in [4.69, 9.17) is 0 Å². The highest BCUT2D eigenvalue weighted by Gasteiger charge is 2.17. The molecule has 2 heterocycles. The lowest BCUT2D eigenvalue weighted by atomic mass is 9.99. The van der Waals surface area contributed by atoms with Crippen molar-refractivity contribution in [2.75, 3.05) is 0 Å². The summed E-state index contributed by atoms with van der Waals surface area (Å²) in [6.07, 6.45) is 0.371. The van der Waals surface area contributed by atoms with Crippen molar-refractivity contribution in [1.82, 2.24) is 9.97 Å². The summed E-state index contributed by atoms with van der Waals surface area (Å²) in [5.74, 6) is -1.98. The first-order chi connectivity index (χ1) is 12.4. The number of aromatic carboxylic acids is 2. The third kappa shape index (κ3) is 2.52. The molecule has 26 heavy (non-hydrogen) atoms. The molecule has 6 nitrogen and oxygen atoms in total. The molecule has 0 atom stereocenters. The van der Waals surface area contributed by atoms with Gasteiger partial charge < -0.3 is 20.2 Å². The van der Waals surface area contributed by atoms with Crippen LogP contribution >= 0.6 is 0 Å². The summed E-state index contributed by atoms with van der Waals surface area (Å²) in [5.41, 5.74) is 4.14. The highest BCUT2D eigenvalue weighted by molar-refractivity contribution is 6.05. The van der Waals surface area contributed by atoms with Gasteiger partial charge in [0.2, 0.25) is 0 Å². The van der Waals surface area contributed by atoms with E-state index in [0.717, 1.165) is 22.3 Å². The Morgan fingerprint density at radius 1 is 1.00 bits per heavy atom. The first kappa shape index (κ1) is 16.0. The number of hydrogen-bond acceptors (Lipinski definition) is 2. The predicted molar refractivity (Wildman–Crippen MR) is 98.1 cm³/mol. The van der Waals surface area contributed by atoms with E-state index < -0.39 is 11.9 Å². The number of benzene rings is 2. The van der Waals surface area contributed by atoms with Gasteiger partial charge in [0.05, 0.1) is 16.6 Å². The van der Waals surface area contributed by atoms with Gasteiger partial charge in [-0.3, -0.25) is 0 Å². The van der Waals surface area contributed by atoms with Crippen molar-refractivity contribution in [3.05, 3.63) is 70.5 Å². The van der Waals surface area contributed by atoms with Crippen LogP contribution in [0.2, 0.25) is 0 Å². The lowest BCUT2D eigenvalue weighted by Gasteiger charge is -2.06. The van der Waals surface area contributed by atoms with Gasteiger partial charge in [0, 0.05) is 34.1 Å². The molecule has 130 valence electrons. The lowest BCUT2D eigenvalue weighted by Crippen LogP contribution is -2.04. The van der Waals surface area contributed by atoms with Crippen molar-refractivity contribution >= 4 is 33.7 Å². The van der Waals surface area contributed by atoms with Gasteiger partial charge in [-0.1, -0.05) is 18.2 Å². The summed E-state index contributed by atoms with van der Waals surface area (Å²) in [7, 11) is 0. The van der Waals surface area contributed by atoms with E-state index in [2.05, 4.69) is 9.97 Å². The third-order valence-electron chi connectivity index (χ3n) is 4.56. The normalized spacial score (nSPS) is 11.3. The van der Waals surface area contributed by atoms with E-state index in [1.807, 2.05) is 31.2 Å². The fourth-order valence-electron chi connectivity index (χ4n) is 3.48. The smallest absolute Gasteiger partial charge is 0.337 e. The molecule has 0 spiro atoms. The average molecular weight is 348 g/mol. The van der Waals surface area contributed by atoms with Gasteiger partial charge in [0.15, 0.2) is 0 Å². The number of aryl methyl sites for hydroxylation is 1. The van der Waals surface area contributed by atoms with E-state index in [1.54, 1.807) is 18.2 Å². The van der Waals surface area contributed by atoms with Crippen molar-refractivity contribution in [3.8, 4) is 0 Å². The molecule has 0 aliphatic heterocycles. The Labute approximate surface area is 148 Å². The topological polar surface area (TPSA) is 106 Å². The van der Waals surface area contributed by atoms with Gasteiger partial charge in [0.25, 0.3) is 0 Å². The van der Waals surface area contributed by atoms with Crippen LogP contribution in [0.15, 0.2) is 42.5 Å². The first-order valence-electron chi connectivity index (χ1n) is 8.12. The molecule has 2 aromatic heterocycles. The second kappa shape index (κ2) is 5.77. The van der Waals surface area contributed by atoms with E-state index in [9.17, 15) is 19.8 Å². The zero-order valence-electron chi connectivity index (χ0n) is 14.0. The van der Waals surface area contributed by atoms with Crippen molar-refractivity contribution in [3.63, 3.8) is 0 Å². The van der Waals surface area contributed by atoms with Crippen LogP contribution in [0.3, 0.4) is 0 Å². The number of aromatic nitrogens is 2. The number of carboxylic acid groups (broad SMARTS) is 2. The maximum absolute atomic E-state index is 11.8. The third-order valence-corrected chi connectivity index (χ3v) is 4.56. The molecule has 0 saturated carbocycles. The molecule has 0 fully saturated rings. The molecule has 4 N–H and O–H groups in total. The number of aromatic amines is 2. The van der Waals surface area contributed by atoms with E-state index in [-0.39, 0.29) is 11.1 Å². The van der Waals surface area contributed by atoms with Crippen molar-refractivity contribution < 1.29 is 19.8 Å². The summed E-state index contributed by atoms with van der Waals surface area (Å²) < 4.78 is 0. The molecule has 2 aromatic carbocycles. The number of para-hydroxylation sites is 1. The highest BCUT2D eigenvalue weighted by Crippen LogP contribution is 2.27. The zero-order chi connectivity index (χ0) is 18.4. The molecule has 4 aromatic rings. The summed E-state index contributed by atoms with van der Waals surface area (Å²) in [6.45, 7) is 1.89. The maximum Gasteiger partial charge on any atom is 0.337 e.